The highest BCUT2D eigenvalue weighted by Gasteiger charge is 2.32. The highest BCUT2D eigenvalue weighted by Crippen LogP contribution is 2.34. The van der Waals surface area contributed by atoms with Crippen LogP contribution in [0.5, 0.6) is 5.75 Å². The molecule has 10 nitrogen and oxygen atoms in total. The minimum absolute atomic E-state index is 0.126. The van der Waals surface area contributed by atoms with Gasteiger partial charge >= 0.3 is 12.4 Å². The van der Waals surface area contributed by atoms with Gasteiger partial charge in [0.15, 0.2) is 11.0 Å². The number of nitrogens with one attached hydrogen (secondary N) is 1. The monoisotopic (exact) mass is 627 g/mol. The molecule has 0 atom stereocenters. The van der Waals surface area contributed by atoms with E-state index in [1.807, 2.05) is 13.8 Å². The van der Waals surface area contributed by atoms with E-state index in [1.54, 1.807) is 36.4 Å². The molecule has 0 radical (unpaired) electrons. The Labute approximate surface area is 252 Å². The van der Waals surface area contributed by atoms with Gasteiger partial charge in [0, 0.05) is 5.56 Å². The Balaban J connectivity index is 1.21. The summed E-state index contributed by atoms with van der Waals surface area (Å²) in [7, 11) is 0. The van der Waals surface area contributed by atoms with E-state index in [-0.39, 0.29) is 22.6 Å². The number of amides is 3. The fourth-order valence-electron chi connectivity index (χ4n) is 3.93. The van der Waals surface area contributed by atoms with E-state index in [0.29, 0.717) is 33.3 Å². The van der Waals surface area contributed by atoms with E-state index in [4.69, 9.17) is 11.6 Å². The summed E-state index contributed by atoms with van der Waals surface area (Å²) >= 11 is 7.50. The van der Waals surface area contributed by atoms with Crippen LogP contribution in [0, 0.1) is 13.8 Å². The molecule has 3 amide bonds. The molecule has 0 bridgehead atoms. The normalized spacial score (nSPS) is 14.6. The third-order valence-electron chi connectivity index (χ3n) is 6.14. The summed E-state index contributed by atoms with van der Waals surface area (Å²) in [5.74, 6) is -0.0612. The van der Waals surface area contributed by atoms with Gasteiger partial charge in [0.25, 0.3) is 0 Å². The lowest BCUT2D eigenvalue weighted by Gasteiger charge is -2.18. The Morgan fingerprint density at radius 3 is 2.49 bits per heavy atom. The maximum atomic E-state index is 12.5. The molecule has 3 aromatic carbocycles. The van der Waals surface area contributed by atoms with Crippen LogP contribution in [0.4, 0.5) is 23.7 Å². The largest absolute Gasteiger partial charge is 0.573 e. The summed E-state index contributed by atoms with van der Waals surface area (Å²) in [4.78, 5) is 34.5. The number of amidine groups is 1. The van der Waals surface area contributed by atoms with Gasteiger partial charge in [-0.3, -0.25) is 9.69 Å². The first-order chi connectivity index (χ1) is 20.5. The number of ether oxygens (including phenoxy) is 1. The minimum Gasteiger partial charge on any atom is -0.406 e. The number of urea groups is 1. The number of hydrogen-bond acceptors (Lipinski definition) is 7. The molecular formula is C28H21ClF3N7O3S. The maximum absolute atomic E-state index is 12.5. The number of carbonyl (C=O) groups excluding carboxylic acids is 2. The highest BCUT2D eigenvalue weighted by molar-refractivity contribution is 8.15. The Bertz CT molecular complexity index is 1740. The Hall–Kier alpha value is -4.69. The molecule has 220 valence electrons. The molecular weight excluding hydrogens is 607 g/mol. The summed E-state index contributed by atoms with van der Waals surface area (Å²) in [5, 5.41) is 8.88. The molecule has 4 aromatic rings. The van der Waals surface area contributed by atoms with E-state index >= 15 is 0 Å². The summed E-state index contributed by atoms with van der Waals surface area (Å²) in [6.07, 6.45) is -1.91. The number of thioether (sulfide) groups is 1. The molecule has 2 heterocycles. The molecule has 0 unspecified atom stereocenters. The predicted octanol–water partition coefficient (Wildman–Crippen LogP) is 6.28. The minimum atomic E-state index is -4.77. The van der Waals surface area contributed by atoms with Crippen molar-refractivity contribution in [2.24, 2.45) is 10.1 Å². The molecule has 1 aliphatic heterocycles. The van der Waals surface area contributed by atoms with Gasteiger partial charge in [-0.15, -0.1) is 18.3 Å². The maximum Gasteiger partial charge on any atom is 0.573 e. The third-order valence-corrected chi connectivity index (χ3v) is 7.36. The van der Waals surface area contributed by atoms with Crippen molar-refractivity contribution in [3.63, 3.8) is 0 Å². The number of aliphatic imine (C=N–C) groups is 1. The number of hydrazone groups is 1. The van der Waals surface area contributed by atoms with Crippen molar-refractivity contribution < 1.29 is 27.5 Å². The molecule has 0 saturated carbocycles. The van der Waals surface area contributed by atoms with Gasteiger partial charge in [0.05, 0.1) is 28.4 Å². The zero-order valence-corrected chi connectivity index (χ0v) is 24.0. The number of aryl methyl sites for hydroxylation is 2. The number of carbonyl (C=O) groups is 2. The average molecular weight is 628 g/mol. The van der Waals surface area contributed by atoms with E-state index < -0.39 is 12.4 Å². The highest BCUT2D eigenvalue weighted by atomic mass is 35.5. The standard InChI is InChI=1S/C28H21ClF3N7O3S/c1-16-11-22(29)23(12-17(16)2)39-24(40)14-43-27(39)35-26(41)36-34-13-18-3-5-19(6-4-18)25-33-15-38(37-25)20-7-9-21(10-8-20)42-28(30,31)32/h3-13,15H,14H2,1-2H3,(H,36,41)/b34-13+,35-27?. The van der Waals surface area contributed by atoms with Crippen LogP contribution in [0.15, 0.2) is 77.1 Å². The number of hydrogen-bond donors (Lipinski definition) is 1. The average Bonchev–Trinajstić information content (AvgIpc) is 3.58. The molecule has 1 aliphatic rings. The lowest BCUT2D eigenvalue weighted by atomic mass is 10.1. The number of halogens is 4. The van der Waals surface area contributed by atoms with Crippen molar-refractivity contribution in [1.82, 2.24) is 20.2 Å². The fourth-order valence-corrected chi connectivity index (χ4v) is 5.09. The quantitative estimate of drug-likeness (QED) is 0.199. The van der Waals surface area contributed by atoms with Crippen molar-refractivity contribution in [2.75, 3.05) is 10.7 Å². The first kappa shape index (κ1) is 29.8. The van der Waals surface area contributed by atoms with Crippen LogP contribution in [0.3, 0.4) is 0 Å². The van der Waals surface area contributed by atoms with Crippen molar-refractivity contribution in [2.45, 2.75) is 20.2 Å². The van der Waals surface area contributed by atoms with Crippen LogP contribution in [-0.4, -0.2) is 50.2 Å². The fraction of sp³-hybridized carbons (Fsp3) is 0.143. The molecule has 15 heteroatoms. The zero-order valence-electron chi connectivity index (χ0n) is 22.5. The van der Waals surface area contributed by atoms with Crippen LogP contribution in [-0.2, 0) is 4.79 Å². The van der Waals surface area contributed by atoms with Gasteiger partial charge in [0.1, 0.15) is 12.1 Å². The number of anilines is 1. The van der Waals surface area contributed by atoms with E-state index in [9.17, 15) is 22.8 Å². The number of alkyl halides is 3. The van der Waals surface area contributed by atoms with Gasteiger partial charge in [-0.1, -0.05) is 47.6 Å². The molecule has 1 N–H and O–H groups in total. The number of rotatable bonds is 6. The zero-order chi connectivity index (χ0) is 30.7. The Morgan fingerprint density at radius 1 is 1.09 bits per heavy atom. The van der Waals surface area contributed by atoms with Gasteiger partial charge in [0.2, 0.25) is 5.91 Å². The van der Waals surface area contributed by atoms with Crippen LogP contribution in [0.1, 0.15) is 16.7 Å². The number of benzene rings is 3. The summed E-state index contributed by atoms with van der Waals surface area (Å²) in [6.45, 7) is 3.82. The van der Waals surface area contributed by atoms with Crippen molar-refractivity contribution in [1.29, 1.82) is 0 Å². The SMILES string of the molecule is Cc1cc(Cl)c(N2C(=O)CSC2=NC(=O)N/N=C/c2ccc(-c3ncn(-c4ccc(OC(F)(F)F)cc4)n3)cc2)cc1C. The van der Waals surface area contributed by atoms with E-state index in [2.05, 4.69) is 30.3 Å². The molecule has 1 saturated heterocycles. The lowest BCUT2D eigenvalue weighted by molar-refractivity contribution is -0.274. The second kappa shape index (κ2) is 12.3. The summed E-state index contributed by atoms with van der Waals surface area (Å²) in [5.41, 5.74) is 6.54. The first-order valence-corrected chi connectivity index (χ1v) is 13.9. The van der Waals surface area contributed by atoms with Crippen LogP contribution in [0.25, 0.3) is 17.1 Å². The first-order valence-electron chi connectivity index (χ1n) is 12.5. The van der Waals surface area contributed by atoms with Gasteiger partial charge < -0.3 is 4.74 Å². The second-order valence-corrected chi connectivity index (χ2v) is 10.5. The topological polar surface area (TPSA) is 114 Å². The van der Waals surface area contributed by atoms with Crippen LogP contribution >= 0.6 is 23.4 Å². The Kier molecular flexibility index (Phi) is 8.50. The van der Waals surface area contributed by atoms with Gasteiger partial charge in [-0.2, -0.15) is 10.1 Å². The third kappa shape index (κ3) is 7.21. The van der Waals surface area contributed by atoms with Gasteiger partial charge in [-0.25, -0.2) is 19.9 Å². The van der Waals surface area contributed by atoms with Crippen molar-refractivity contribution in [3.8, 4) is 22.8 Å². The van der Waals surface area contributed by atoms with E-state index in [0.717, 1.165) is 22.9 Å². The molecule has 5 rings (SSSR count). The van der Waals surface area contributed by atoms with Crippen LogP contribution in [0.2, 0.25) is 5.02 Å². The Morgan fingerprint density at radius 2 is 1.79 bits per heavy atom. The number of aromatic nitrogens is 3. The summed E-state index contributed by atoms with van der Waals surface area (Å²) in [6, 6.07) is 15.0. The van der Waals surface area contributed by atoms with Crippen molar-refractivity contribution in [3.05, 3.63) is 88.7 Å². The lowest BCUT2D eigenvalue weighted by Crippen LogP contribution is -2.31. The smallest absolute Gasteiger partial charge is 0.406 e. The van der Waals surface area contributed by atoms with Crippen LogP contribution < -0.4 is 15.1 Å². The van der Waals surface area contributed by atoms with Gasteiger partial charge in [-0.05, 0) is 66.9 Å². The van der Waals surface area contributed by atoms with E-state index in [1.165, 1.54) is 46.4 Å². The summed E-state index contributed by atoms with van der Waals surface area (Å²) < 4.78 is 42.4. The molecule has 0 spiro atoms. The molecule has 1 fully saturated rings. The predicted molar refractivity (Wildman–Crippen MR) is 158 cm³/mol. The van der Waals surface area contributed by atoms with Crippen molar-refractivity contribution >= 4 is 52.4 Å². The molecule has 43 heavy (non-hydrogen) atoms. The molecule has 0 aliphatic carbocycles. The number of nitrogens with zero attached hydrogens (tertiary/aromatic N) is 6. The second-order valence-electron chi connectivity index (χ2n) is 9.15. The molecule has 1 aromatic heterocycles.